The molecule has 0 aromatic heterocycles. The van der Waals surface area contributed by atoms with E-state index in [2.05, 4.69) is 224 Å². The first-order valence-electron chi connectivity index (χ1n) is 22.7. The van der Waals surface area contributed by atoms with Gasteiger partial charge in [0, 0.05) is 74.4 Å². The molecular weight excluding hydrogens is 863 g/mol. The molecule has 2 aliphatic rings. The van der Waals surface area contributed by atoms with Crippen molar-refractivity contribution < 1.29 is 16.5 Å². The molecule has 0 amide bonds. The second-order valence-electron chi connectivity index (χ2n) is 21.9. The van der Waals surface area contributed by atoms with E-state index >= 15 is 0 Å². The van der Waals surface area contributed by atoms with Crippen LogP contribution in [-0.4, -0.2) is 90.5 Å². The van der Waals surface area contributed by atoms with Gasteiger partial charge in [0.2, 0.25) is 0 Å². The Morgan fingerprint density at radius 3 is 0.574 bits per heavy atom. The predicted octanol–water partition coefficient (Wildman–Crippen LogP) is 13.7. The summed E-state index contributed by atoms with van der Waals surface area (Å²) in [5, 5.41) is 1.61. The summed E-state index contributed by atoms with van der Waals surface area (Å²) in [6.45, 7) is 34.1. The smallest absolute Gasteiger partial charge is 0.114 e. The third-order valence-corrected chi connectivity index (χ3v) is 27.7. The summed E-state index contributed by atoms with van der Waals surface area (Å²) in [6, 6.07) is 44.4. The second kappa shape index (κ2) is 23.9. The van der Waals surface area contributed by atoms with Gasteiger partial charge in [-0.15, -0.1) is 0 Å². The fourth-order valence-corrected chi connectivity index (χ4v) is 19.5. The van der Waals surface area contributed by atoms with E-state index in [0.717, 1.165) is 26.2 Å². The van der Waals surface area contributed by atoms with E-state index in [-0.39, 0.29) is 16.5 Å². The van der Waals surface area contributed by atoms with Crippen molar-refractivity contribution >= 4 is 31.7 Å². The van der Waals surface area contributed by atoms with Crippen molar-refractivity contribution in [3.05, 3.63) is 144 Å². The first kappa shape index (κ1) is 52.6. The van der Waals surface area contributed by atoms with Crippen molar-refractivity contribution in [1.29, 1.82) is 0 Å². The fraction of sp³-hybridized carbons (Fsp3) is 0.538. The Morgan fingerprint density at radius 1 is 0.295 bits per heavy atom. The first-order chi connectivity index (χ1) is 28.2. The molecule has 2 saturated heterocycles. The van der Waals surface area contributed by atoms with Gasteiger partial charge in [0.1, 0.15) is 50.3 Å². The average Bonchev–Trinajstić information content (AvgIpc) is 3.15. The Bertz CT molecular complexity index is 1510. The van der Waals surface area contributed by atoms with E-state index in [9.17, 15) is 0 Å². The summed E-state index contributed by atoms with van der Waals surface area (Å²) in [6.07, 6.45) is 10.3. The van der Waals surface area contributed by atoms with Crippen LogP contribution >= 0.6 is 31.7 Å². The average molecular weight is 948 g/mol. The van der Waals surface area contributed by atoms with Gasteiger partial charge in [0.25, 0.3) is 0 Å². The maximum atomic E-state index is 2.83. The molecule has 2 aliphatic heterocycles. The standard InChI is InChI=1S/2C26H40N2P2.Ni/c2*1-25(2,3)29-19-27(17-23-13-9-7-10-14-23)21-30(26(4,5)6)22-28(20-29)18-24-15-11-8-12-16-24;/h2*7-16H,17-22H2,1-6H3;/p+4. The van der Waals surface area contributed by atoms with Crippen LogP contribution in [0.5, 0.6) is 0 Å². The van der Waals surface area contributed by atoms with Crippen molar-refractivity contribution in [3.8, 4) is 0 Å². The SMILES string of the molecule is CC(C)(C)[PH+]1CN(Cc2ccccc2)C[PH+](C(C)(C)C)CN(Cc2ccccc2)C1.CC(C)(C)[PH+]1CN(Cc2ccccc2)C[PH+](C(C)(C)C)CN(Cc2ccccc2)C1.[Ni]. The Morgan fingerprint density at radius 2 is 0.443 bits per heavy atom. The van der Waals surface area contributed by atoms with Crippen LogP contribution in [0.4, 0.5) is 0 Å². The largest absolute Gasteiger partial charge is 0.234 e. The van der Waals surface area contributed by atoms with Crippen molar-refractivity contribution in [1.82, 2.24) is 19.6 Å². The minimum absolute atomic E-state index is 0. The van der Waals surface area contributed by atoms with Crippen molar-refractivity contribution in [3.63, 3.8) is 0 Å². The van der Waals surface area contributed by atoms with Crippen molar-refractivity contribution in [2.75, 3.05) is 50.3 Å². The van der Waals surface area contributed by atoms with Gasteiger partial charge >= 0.3 is 0 Å². The molecule has 0 radical (unpaired) electrons. The molecule has 9 heteroatoms. The van der Waals surface area contributed by atoms with E-state index in [1.807, 2.05) is 0 Å². The van der Waals surface area contributed by atoms with Crippen LogP contribution < -0.4 is 0 Å². The number of hydrogen-bond acceptors (Lipinski definition) is 4. The van der Waals surface area contributed by atoms with E-state index in [1.54, 1.807) is 0 Å². The molecule has 0 spiro atoms. The van der Waals surface area contributed by atoms with Crippen LogP contribution in [0, 0.1) is 0 Å². The Labute approximate surface area is 389 Å². The fourth-order valence-electron chi connectivity index (χ4n) is 8.29. The van der Waals surface area contributed by atoms with E-state index in [0.29, 0.717) is 20.6 Å². The van der Waals surface area contributed by atoms with Crippen LogP contribution in [0.2, 0.25) is 0 Å². The summed E-state index contributed by atoms with van der Waals surface area (Å²) in [7, 11) is -2.23. The van der Waals surface area contributed by atoms with Crippen LogP contribution in [0.25, 0.3) is 0 Å². The Hall–Kier alpha value is -1.07. The number of rotatable bonds is 8. The van der Waals surface area contributed by atoms with Gasteiger partial charge in [-0.3, -0.25) is 0 Å². The maximum absolute atomic E-state index is 2.83. The zero-order chi connectivity index (χ0) is 43.6. The van der Waals surface area contributed by atoms with Gasteiger partial charge in [0.05, 0.1) is 20.6 Å². The quantitative estimate of drug-likeness (QED) is 0.129. The second-order valence-corrected chi connectivity index (χ2v) is 35.3. The van der Waals surface area contributed by atoms with E-state index in [4.69, 9.17) is 0 Å². The molecular formula is C52H84N4NiP4+4. The molecule has 0 aliphatic carbocycles. The van der Waals surface area contributed by atoms with Crippen LogP contribution in [0.1, 0.15) is 105 Å². The summed E-state index contributed by atoms with van der Waals surface area (Å²) in [5.41, 5.74) is 5.85. The summed E-state index contributed by atoms with van der Waals surface area (Å²) in [4.78, 5) is 11.3. The molecule has 61 heavy (non-hydrogen) atoms. The molecule has 0 N–H and O–H groups in total. The minimum Gasteiger partial charge on any atom is -0.234 e. The molecule has 0 atom stereocenters. The number of benzene rings is 4. The summed E-state index contributed by atoms with van der Waals surface area (Å²) in [5.74, 6) is 0. The molecule has 2 heterocycles. The van der Waals surface area contributed by atoms with E-state index in [1.165, 1.54) is 72.5 Å². The van der Waals surface area contributed by atoms with Crippen LogP contribution in [0.3, 0.4) is 0 Å². The van der Waals surface area contributed by atoms with Crippen molar-refractivity contribution in [2.24, 2.45) is 0 Å². The molecule has 4 aromatic carbocycles. The minimum atomic E-state index is -0.557. The van der Waals surface area contributed by atoms with Gasteiger partial charge in [-0.05, 0) is 105 Å². The molecule has 2 fully saturated rings. The summed E-state index contributed by atoms with van der Waals surface area (Å²) >= 11 is 0. The number of hydrogen-bond donors (Lipinski definition) is 0. The topological polar surface area (TPSA) is 13.0 Å². The van der Waals surface area contributed by atoms with Gasteiger partial charge in [-0.25, -0.2) is 19.6 Å². The Kier molecular flexibility index (Phi) is 20.6. The molecule has 6 rings (SSSR count). The third kappa shape index (κ3) is 18.0. The van der Waals surface area contributed by atoms with Gasteiger partial charge < -0.3 is 0 Å². The molecule has 338 valence electrons. The molecule has 0 bridgehead atoms. The van der Waals surface area contributed by atoms with Crippen LogP contribution in [0.15, 0.2) is 121 Å². The van der Waals surface area contributed by atoms with Gasteiger partial charge in [-0.1, -0.05) is 121 Å². The third-order valence-electron chi connectivity index (χ3n) is 12.6. The molecule has 0 saturated carbocycles. The predicted molar refractivity (Wildman–Crippen MR) is 279 cm³/mol. The molecule has 4 aromatic rings. The number of nitrogens with zero attached hydrogens (tertiary/aromatic N) is 4. The van der Waals surface area contributed by atoms with Crippen LogP contribution in [-0.2, 0) is 42.7 Å². The molecule has 4 nitrogen and oxygen atoms in total. The zero-order valence-electron chi connectivity index (χ0n) is 40.1. The van der Waals surface area contributed by atoms with Gasteiger partial charge in [0.15, 0.2) is 0 Å². The first-order valence-corrected chi connectivity index (χ1v) is 30.3. The summed E-state index contributed by atoms with van der Waals surface area (Å²) < 4.78 is 0. The normalized spacial score (nSPS) is 22.1. The van der Waals surface area contributed by atoms with Gasteiger partial charge in [-0.2, -0.15) is 0 Å². The maximum Gasteiger partial charge on any atom is 0.114 e. The van der Waals surface area contributed by atoms with Crippen molar-refractivity contribution in [2.45, 2.75) is 130 Å². The van der Waals surface area contributed by atoms with E-state index < -0.39 is 31.7 Å². The molecule has 0 unspecified atom stereocenters. The Balaban J connectivity index is 0.000000264. The zero-order valence-corrected chi connectivity index (χ0v) is 45.1. The monoisotopic (exact) mass is 946 g/mol.